The number of aromatic carboxylic acids is 1. The predicted molar refractivity (Wildman–Crippen MR) is 92.9 cm³/mol. The minimum atomic E-state index is -1.04. The van der Waals surface area contributed by atoms with Crippen molar-refractivity contribution in [3.05, 3.63) is 65.2 Å². The van der Waals surface area contributed by atoms with Crippen LogP contribution in [-0.4, -0.2) is 30.1 Å². The summed E-state index contributed by atoms with van der Waals surface area (Å²) in [5.41, 5.74) is 1.81. The fraction of sp³-hybridized carbons (Fsp3) is 0.263. The van der Waals surface area contributed by atoms with E-state index in [0.717, 1.165) is 5.56 Å². The third kappa shape index (κ3) is 6.20. The molecular formula is C19H22NNaO4. The monoisotopic (exact) mass is 351 g/mol. The smallest absolute Gasteiger partial charge is 1.00 e. The van der Waals surface area contributed by atoms with Crippen LogP contribution in [0.1, 0.15) is 47.5 Å². The van der Waals surface area contributed by atoms with Crippen molar-refractivity contribution in [2.45, 2.75) is 19.8 Å². The average Bonchev–Trinajstić information content (AvgIpc) is 2.58. The number of hydrogen-bond acceptors (Lipinski definition) is 3. The van der Waals surface area contributed by atoms with Gasteiger partial charge in [0.1, 0.15) is 17.9 Å². The fourth-order valence-electron chi connectivity index (χ4n) is 2.24. The van der Waals surface area contributed by atoms with Crippen molar-refractivity contribution in [2.24, 2.45) is 0 Å². The van der Waals surface area contributed by atoms with E-state index in [1.54, 1.807) is 24.3 Å². The van der Waals surface area contributed by atoms with Gasteiger partial charge in [-0.3, -0.25) is 4.79 Å². The van der Waals surface area contributed by atoms with E-state index in [2.05, 4.69) is 19.2 Å². The maximum absolute atomic E-state index is 12.1. The number of para-hydroxylation sites is 1. The molecule has 0 bridgehead atoms. The summed E-state index contributed by atoms with van der Waals surface area (Å²) in [4.78, 5) is 23.2. The molecule has 0 spiro atoms. The predicted octanol–water partition coefficient (Wildman–Crippen LogP) is 0.434. The van der Waals surface area contributed by atoms with E-state index in [1.165, 1.54) is 6.07 Å². The normalized spacial score (nSPS) is 10.0. The Morgan fingerprint density at radius 1 is 1.16 bits per heavy atom. The minimum absolute atomic E-state index is 0. The second-order valence-corrected chi connectivity index (χ2v) is 5.69. The molecule has 2 N–H and O–H groups in total. The van der Waals surface area contributed by atoms with E-state index in [-0.39, 0.29) is 49.1 Å². The van der Waals surface area contributed by atoms with Crippen LogP contribution in [0.3, 0.4) is 0 Å². The van der Waals surface area contributed by atoms with E-state index in [1.807, 2.05) is 18.2 Å². The fourth-order valence-corrected chi connectivity index (χ4v) is 2.24. The van der Waals surface area contributed by atoms with Gasteiger partial charge in [-0.2, -0.15) is 0 Å². The molecule has 2 aromatic rings. The molecule has 1 amide bonds. The Balaban J connectivity index is 0.00000312. The van der Waals surface area contributed by atoms with Gasteiger partial charge in [0.15, 0.2) is 0 Å². The van der Waals surface area contributed by atoms with Gasteiger partial charge in [0, 0.05) is 5.56 Å². The second-order valence-electron chi connectivity index (χ2n) is 5.69. The Kier molecular flexibility index (Phi) is 8.69. The van der Waals surface area contributed by atoms with Crippen LogP contribution < -0.4 is 39.6 Å². The van der Waals surface area contributed by atoms with Crippen molar-refractivity contribution in [1.82, 2.24) is 5.32 Å². The van der Waals surface area contributed by atoms with Crippen LogP contribution in [0.15, 0.2) is 48.5 Å². The molecule has 25 heavy (non-hydrogen) atoms. The largest absolute Gasteiger partial charge is 1.00 e. The molecule has 0 atom stereocenters. The van der Waals surface area contributed by atoms with Crippen LogP contribution in [0.25, 0.3) is 0 Å². The van der Waals surface area contributed by atoms with Gasteiger partial charge in [-0.25, -0.2) is 4.79 Å². The van der Waals surface area contributed by atoms with Gasteiger partial charge < -0.3 is 16.6 Å². The zero-order valence-corrected chi connectivity index (χ0v) is 16.8. The summed E-state index contributed by atoms with van der Waals surface area (Å²) in [6.07, 6.45) is 0. The van der Waals surface area contributed by atoms with Crippen molar-refractivity contribution in [3.63, 3.8) is 0 Å². The first kappa shape index (κ1) is 21.2. The first-order valence-electron chi connectivity index (χ1n) is 7.82. The van der Waals surface area contributed by atoms with Crippen molar-refractivity contribution in [3.8, 4) is 5.75 Å². The van der Waals surface area contributed by atoms with Crippen LogP contribution in [0.4, 0.5) is 0 Å². The molecule has 0 fully saturated rings. The molecule has 0 aliphatic heterocycles. The molecule has 5 nitrogen and oxygen atoms in total. The first-order chi connectivity index (χ1) is 11.5. The quantitative estimate of drug-likeness (QED) is 0.560. The molecule has 0 heterocycles. The number of amides is 1. The number of nitrogens with one attached hydrogen (secondary N) is 1. The third-order valence-corrected chi connectivity index (χ3v) is 3.58. The SMILES string of the molecule is CC(C)c1cccc(C(=O)NCCOc2ccccc2C(=O)O)c1.[H-].[Na+]. The summed E-state index contributed by atoms with van der Waals surface area (Å²) < 4.78 is 5.45. The van der Waals surface area contributed by atoms with Crippen LogP contribution in [-0.2, 0) is 0 Å². The topological polar surface area (TPSA) is 75.6 Å². The van der Waals surface area contributed by atoms with Gasteiger partial charge in [0.05, 0.1) is 6.54 Å². The molecule has 2 aromatic carbocycles. The Morgan fingerprint density at radius 3 is 2.56 bits per heavy atom. The van der Waals surface area contributed by atoms with Crippen molar-refractivity contribution >= 4 is 11.9 Å². The van der Waals surface area contributed by atoms with Gasteiger partial charge in [-0.1, -0.05) is 38.1 Å². The van der Waals surface area contributed by atoms with Gasteiger partial charge in [-0.15, -0.1) is 0 Å². The zero-order valence-electron chi connectivity index (χ0n) is 15.8. The number of hydrogen-bond donors (Lipinski definition) is 2. The number of carboxylic acid groups (broad SMARTS) is 1. The average molecular weight is 351 g/mol. The number of rotatable bonds is 7. The van der Waals surface area contributed by atoms with E-state index in [9.17, 15) is 9.59 Å². The van der Waals surface area contributed by atoms with Crippen LogP contribution in [0, 0.1) is 0 Å². The molecule has 6 heteroatoms. The molecule has 0 saturated carbocycles. The Hall–Kier alpha value is -1.82. The summed E-state index contributed by atoms with van der Waals surface area (Å²) >= 11 is 0. The first-order valence-corrected chi connectivity index (χ1v) is 7.82. The number of carbonyl (C=O) groups is 2. The molecular weight excluding hydrogens is 329 g/mol. The van der Waals surface area contributed by atoms with Gasteiger partial charge in [-0.05, 0) is 35.7 Å². The summed E-state index contributed by atoms with van der Waals surface area (Å²) in [5, 5.41) is 11.9. The number of carboxylic acids is 1. The van der Waals surface area contributed by atoms with Crippen molar-refractivity contribution in [1.29, 1.82) is 0 Å². The van der Waals surface area contributed by atoms with E-state index < -0.39 is 5.97 Å². The van der Waals surface area contributed by atoms with Gasteiger partial charge in [0.2, 0.25) is 0 Å². The molecule has 0 saturated heterocycles. The van der Waals surface area contributed by atoms with E-state index in [4.69, 9.17) is 9.84 Å². The standard InChI is InChI=1S/C19H21NO4.Na.H/c1-13(2)14-6-5-7-15(12-14)18(21)20-10-11-24-17-9-4-3-8-16(17)19(22)23;;/h3-9,12-13H,10-11H2,1-2H3,(H,20,21)(H,22,23);;/q;+1;-1. The number of benzene rings is 2. The van der Waals surface area contributed by atoms with Crippen LogP contribution in [0.5, 0.6) is 5.75 Å². The zero-order chi connectivity index (χ0) is 17.5. The Bertz CT molecular complexity index is 737. The summed E-state index contributed by atoms with van der Waals surface area (Å²) in [5.74, 6) is -0.567. The molecule has 2 rings (SSSR count). The molecule has 0 unspecified atom stereocenters. The maximum Gasteiger partial charge on any atom is 1.00 e. The van der Waals surface area contributed by atoms with Crippen LogP contribution in [0.2, 0.25) is 0 Å². The van der Waals surface area contributed by atoms with Crippen LogP contribution >= 0.6 is 0 Å². The molecule has 0 aliphatic carbocycles. The minimum Gasteiger partial charge on any atom is -1.00 e. The van der Waals surface area contributed by atoms with Gasteiger partial charge >= 0.3 is 35.5 Å². The third-order valence-electron chi connectivity index (χ3n) is 3.58. The summed E-state index contributed by atoms with van der Waals surface area (Å²) in [6, 6.07) is 13.9. The van der Waals surface area contributed by atoms with E-state index >= 15 is 0 Å². The Labute approximate surface area is 171 Å². The van der Waals surface area contributed by atoms with Gasteiger partial charge in [0.25, 0.3) is 5.91 Å². The number of ether oxygens (including phenoxy) is 1. The maximum atomic E-state index is 12.1. The van der Waals surface area contributed by atoms with E-state index in [0.29, 0.717) is 23.8 Å². The Morgan fingerprint density at radius 2 is 1.88 bits per heavy atom. The van der Waals surface area contributed by atoms with Crippen molar-refractivity contribution in [2.75, 3.05) is 13.2 Å². The summed E-state index contributed by atoms with van der Waals surface area (Å²) in [6.45, 7) is 4.63. The second kappa shape index (κ2) is 10.2. The summed E-state index contributed by atoms with van der Waals surface area (Å²) in [7, 11) is 0. The van der Waals surface area contributed by atoms with Crippen molar-refractivity contribution < 1.29 is 50.4 Å². The molecule has 128 valence electrons. The molecule has 0 radical (unpaired) electrons. The molecule has 0 aromatic heterocycles. The molecule has 0 aliphatic rings. The number of carbonyl (C=O) groups excluding carboxylic acids is 1.